The molecule has 2 aromatic rings. The number of ether oxygens (including phenoxy) is 1. The molecule has 0 N–H and O–H groups in total. The first-order chi connectivity index (χ1) is 7.66. The summed E-state index contributed by atoms with van der Waals surface area (Å²) in [6.45, 7) is 4.19. The average Bonchev–Trinajstić information content (AvgIpc) is 2.27. The third kappa shape index (κ3) is 2.43. The zero-order chi connectivity index (χ0) is 11.5. The summed E-state index contributed by atoms with van der Waals surface area (Å²) in [5, 5.41) is 1.07. The molecule has 2 rings (SSSR count). The number of benzene rings is 2. The monoisotopic (exact) mass is 230 g/mol. The molecule has 0 saturated carbocycles. The van der Waals surface area contributed by atoms with Crippen molar-refractivity contribution in [3.63, 3.8) is 0 Å². The highest BCUT2D eigenvalue weighted by Gasteiger charge is 2.01. The van der Waals surface area contributed by atoms with E-state index in [1.165, 1.54) is 11.1 Å². The van der Waals surface area contributed by atoms with Crippen LogP contribution in [0.25, 0.3) is 0 Å². The molecular weight excluding hydrogens is 215 g/mol. The Kier molecular flexibility index (Phi) is 3.26. The lowest BCUT2D eigenvalue weighted by Gasteiger charge is -2.09. The van der Waals surface area contributed by atoms with Crippen molar-refractivity contribution in [1.29, 1.82) is 0 Å². The van der Waals surface area contributed by atoms with E-state index in [1.807, 2.05) is 30.3 Å². The van der Waals surface area contributed by atoms with Gasteiger partial charge in [0.05, 0.1) is 0 Å². The van der Waals surface area contributed by atoms with Crippen LogP contribution in [0, 0.1) is 13.8 Å². The number of hydrogen-bond donors (Lipinski definition) is 0. The Bertz CT molecular complexity index is 506. The normalized spacial score (nSPS) is 10.2. The molecule has 2 aromatic carbocycles. The molecule has 0 saturated heterocycles. The first kappa shape index (κ1) is 11.2. The van der Waals surface area contributed by atoms with Gasteiger partial charge in [-0.15, -0.1) is 9.24 Å². The van der Waals surface area contributed by atoms with Crippen LogP contribution in [0.3, 0.4) is 0 Å². The molecule has 16 heavy (non-hydrogen) atoms. The number of para-hydroxylation sites is 1. The number of rotatable bonds is 2. The Morgan fingerprint density at radius 1 is 0.938 bits per heavy atom. The first-order valence-corrected chi connectivity index (χ1v) is 5.84. The fourth-order valence-corrected chi connectivity index (χ4v) is 1.74. The number of aryl methyl sites for hydroxylation is 2. The first-order valence-electron chi connectivity index (χ1n) is 5.26. The SMILES string of the molecule is Cc1ccc(Oc2ccccc2P)cc1C. The molecule has 1 unspecified atom stereocenters. The molecule has 0 aliphatic heterocycles. The summed E-state index contributed by atoms with van der Waals surface area (Å²) < 4.78 is 5.82. The van der Waals surface area contributed by atoms with Crippen LogP contribution in [0.5, 0.6) is 11.5 Å². The van der Waals surface area contributed by atoms with Gasteiger partial charge in [0, 0.05) is 5.30 Å². The largest absolute Gasteiger partial charge is 0.457 e. The van der Waals surface area contributed by atoms with Gasteiger partial charge in [-0.2, -0.15) is 0 Å². The topological polar surface area (TPSA) is 9.23 Å². The smallest absolute Gasteiger partial charge is 0.134 e. The second-order valence-electron chi connectivity index (χ2n) is 3.89. The van der Waals surface area contributed by atoms with E-state index in [9.17, 15) is 0 Å². The minimum atomic E-state index is 0.885. The van der Waals surface area contributed by atoms with Crippen molar-refractivity contribution in [2.45, 2.75) is 13.8 Å². The van der Waals surface area contributed by atoms with E-state index in [1.54, 1.807) is 0 Å². The third-order valence-electron chi connectivity index (χ3n) is 2.63. The maximum Gasteiger partial charge on any atom is 0.134 e. The molecule has 1 atom stereocenters. The predicted octanol–water partition coefficient (Wildman–Crippen LogP) is 3.60. The van der Waals surface area contributed by atoms with Crippen molar-refractivity contribution >= 4 is 14.5 Å². The molecule has 0 aliphatic carbocycles. The summed E-state index contributed by atoms with van der Waals surface area (Å²) in [4.78, 5) is 0. The Labute approximate surface area is 98.7 Å². The highest BCUT2D eigenvalue weighted by molar-refractivity contribution is 7.27. The van der Waals surface area contributed by atoms with Gasteiger partial charge in [-0.1, -0.05) is 24.3 Å². The fraction of sp³-hybridized carbons (Fsp3) is 0.143. The van der Waals surface area contributed by atoms with Gasteiger partial charge in [0.25, 0.3) is 0 Å². The molecule has 0 heterocycles. The molecule has 0 bridgehead atoms. The van der Waals surface area contributed by atoms with Crippen molar-refractivity contribution in [1.82, 2.24) is 0 Å². The molecule has 0 spiro atoms. The lowest BCUT2D eigenvalue weighted by Crippen LogP contribution is -1.97. The summed E-state index contributed by atoms with van der Waals surface area (Å²) >= 11 is 0. The van der Waals surface area contributed by atoms with Crippen LogP contribution in [-0.4, -0.2) is 0 Å². The van der Waals surface area contributed by atoms with E-state index < -0.39 is 0 Å². The Balaban J connectivity index is 2.28. The molecule has 0 amide bonds. The Morgan fingerprint density at radius 3 is 2.38 bits per heavy atom. The van der Waals surface area contributed by atoms with Crippen LogP contribution < -0.4 is 10.0 Å². The van der Waals surface area contributed by atoms with E-state index in [0.717, 1.165) is 16.8 Å². The van der Waals surface area contributed by atoms with E-state index in [4.69, 9.17) is 4.74 Å². The zero-order valence-corrected chi connectivity index (χ0v) is 10.7. The average molecular weight is 230 g/mol. The van der Waals surface area contributed by atoms with Gasteiger partial charge in [-0.3, -0.25) is 0 Å². The predicted molar refractivity (Wildman–Crippen MR) is 71.8 cm³/mol. The van der Waals surface area contributed by atoms with Crippen molar-refractivity contribution in [2.24, 2.45) is 0 Å². The standard InChI is InChI=1S/C14H15OP/c1-10-7-8-12(9-11(10)2)15-13-5-3-4-6-14(13)16/h3-9H,16H2,1-2H3. The molecule has 1 nitrogen and oxygen atoms in total. The quantitative estimate of drug-likeness (QED) is 0.716. The summed E-state index contributed by atoms with van der Waals surface area (Å²) in [7, 11) is 2.68. The van der Waals surface area contributed by atoms with Crippen LogP contribution in [0.2, 0.25) is 0 Å². The van der Waals surface area contributed by atoms with Gasteiger partial charge >= 0.3 is 0 Å². The maximum atomic E-state index is 5.82. The maximum absolute atomic E-state index is 5.82. The van der Waals surface area contributed by atoms with Crippen molar-refractivity contribution in [3.05, 3.63) is 53.6 Å². The lowest BCUT2D eigenvalue weighted by atomic mass is 10.1. The van der Waals surface area contributed by atoms with Gasteiger partial charge in [0.1, 0.15) is 11.5 Å². The third-order valence-corrected chi connectivity index (χ3v) is 3.10. The molecule has 2 heteroatoms. The molecule has 0 aromatic heterocycles. The molecule has 82 valence electrons. The molecular formula is C14H15OP. The minimum Gasteiger partial charge on any atom is -0.457 e. The van der Waals surface area contributed by atoms with Gasteiger partial charge in [-0.05, 0) is 43.2 Å². The molecule has 0 radical (unpaired) electrons. The summed E-state index contributed by atoms with van der Waals surface area (Å²) in [5.74, 6) is 1.77. The van der Waals surface area contributed by atoms with Crippen LogP contribution in [0.4, 0.5) is 0 Å². The number of hydrogen-bond acceptors (Lipinski definition) is 1. The fourth-order valence-electron chi connectivity index (χ4n) is 1.48. The van der Waals surface area contributed by atoms with Crippen LogP contribution >= 0.6 is 9.24 Å². The Morgan fingerprint density at radius 2 is 1.69 bits per heavy atom. The van der Waals surface area contributed by atoms with E-state index in [-0.39, 0.29) is 0 Å². The highest BCUT2D eigenvalue weighted by Crippen LogP contribution is 2.23. The zero-order valence-electron chi connectivity index (χ0n) is 9.53. The van der Waals surface area contributed by atoms with E-state index in [0.29, 0.717) is 0 Å². The van der Waals surface area contributed by atoms with Gasteiger partial charge in [0.15, 0.2) is 0 Å². The summed E-state index contributed by atoms with van der Waals surface area (Å²) in [6, 6.07) is 14.1. The van der Waals surface area contributed by atoms with Crippen molar-refractivity contribution in [2.75, 3.05) is 0 Å². The van der Waals surface area contributed by atoms with Crippen molar-refractivity contribution < 1.29 is 4.74 Å². The second kappa shape index (κ2) is 4.67. The van der Waals surface area contributed by atoms with Gasteiger partial charge in [0.2, 0.25) is 0 Å². The van der Waals surface area contributed by atoms with Crippen LogP contribution in [0.15, 0.2) is 42.5 Å². The highest BCUT2D eigenvalue weighted by atomic mass is 31.0. The second-order valence-corrected chi connectivity index (χ2v) is 4.51. The molecule has 0 aliphatic rings. The van der Waals surface area contributed by atoms with Crippen LogP contribution in [-0.2, 0) is 0 Å². The van der Waals surface area contributed by atoms with Crippen molar-refractivity contribution in [3.8, 4) is 11.5 Å². The lowest BCUT2D eigenvalue weighted by molar-refractivity contribution is 0.486. The molecule has 0 fully saturated rings. The minimum absolute atomic E-state index is 0.885. The van der Waals surface area contributed by atoms with Gasteiger partial charge in [-0.25, -0.2) is 0 Å². The van der Waals surface area contributed by atoms with Gasteiger partial charge < -0.3 is 4.74 Å². The van der Waals surface area contributed by atoms with E-state index >= 15 is 0 Å². The summed E-state index contributed by atoms with van der Waals surface area (Å²) in [5.41, 5.74) is 2.53. The van der Waals surface area contributed by atoms with E-state index in [2.05, 4.69) is 35.2 Å². The van der Waals surface area contributed by atoms with Crippen LogP contribution in [0.1, 0.15) is 11.1 Å². The Hall–Kier alpha value is -1.33. The summed E-state index contributed by atoms with van der Waals surface area (Å²) in [6.07, 6.45) is 0.